The number of nitrogens with one attached hydrogen (secondary N) is 2. The van der Waals surface area contributed by atoms with Gasteiger partial charge < -0.3 is 11.5 Å². The Labute approximate surface area is 125 Å². The highest BCUT2D eigenvalue weighted by Crippen LogP contribution is 1.94. The van der Waals surface area contributed by atoms with E-state index >= 15 is 0 Å². The fourth-order valence-electron chi connectivity index (χ4n) is 1.26. The Morgan fingerprint density at radius 2 is 1.19 bits per heavy atom. The standard InChI is InChI=1S/C9H22N6O4S2/c1-3-12-8(10)14-20(16,17)6-5-7-21(18,19)15-9(11)13-4-2/h3-7H2,1-2H3,(H3,10,12,14)(H3,11,13,15). The van der Waals surface area contributed by atoms with Crippen LogP contribution in [-0.2, 0) is 20.0 Å². The van der Waals surface area contributed by atoms with E-state index < -0.39 is 31.6 Å². The van der Waals surface area contributed by atoms with Crippen LogP contribution in [0.5, 0.6) is 0 Å². The van der Waals surface area contributed by atoms with Gasteiger partial charge in [0.05, 0.1) is 11.5 Å². The van der Waals surface area contributed by atoms with E-state index in [0.29, 0.717) is 13.1 Å². The van der Waals surface area contributed by atoms with Crippen LogP contribution in [0.4, 0.5) is 0 Å². The van der Waals surface area contributed by atoms with Crippen molar-refractivity contribution in [2.45, 2.75) is 20.3 Å². The van der Waals surface area contributed by atoms with Crippen LogP contribution in [0.2, 0.25) is 0 Å². The lowest BCUT2D eigenvalue weighted by Crippen LogP contribution is -2.40. The van der Waals surface area contributed by atoms with E-state index in [9.17, 15) is 16.8 Å². The lowest BCUT2D eigenvalue weighted by molar-refractivity contribution is 0.586. The molecule has 0 aromatic rings. The highest BCUT2D eigenvalue weighted by Gasteiger charge is 2.16. The van der Waals surface area contributed by atoms with Gasteiger partial charge >= 0.3 is 0 Å². The summed E-state index contributed by atoms with van der Waals surface area (Å²) in [7, 11) is -7.45. The van der Waals surface area contributed by atoms with Crippen molar-refractivity contribution in [3.05, 3.63) is 0 Å². The van der Waals surface area contributed by atoms with Crippen molar-refractivity contribution >= 4 is 32.0 Å². The zero-order valence-electron chi connectivity index (χ0n) is 12.0. The third-order valence-corrected chi connectivity index (χ3v) is 4.70. The van der Waals surface area contributed by atoms with Crippen LogP contribution in [0.25, 0.3) is 0 Å². The molecule has 0 saturated carbocycles. The molecule has 21 heavy (non-hydrogen) atoms. The molecule has 0 bridgehead atoms. The maximum atomic E-state index is 11.6. The molecule has 0 atom stereocenters. The minimum Gasteiger partial charge on any atom is -0.369 e. The fraction of sp³-hybridized carbons (Fsp3) is 0.778. The van der Waals surface area contributed by atoms with Gasteiger partial charge in [0.15, 0.2) is 0 Å². The molecule has 0 rings (SSSR count). The third-order valence-electron chi connectivity index (χ3n) is 2.00. The van der Waals surface area contributed by atoms with Gasteiger partial charge in [0.2, 0.25) is 32.0 Å². The highest BCUT2D eigenvalue weighted by molar-refractivity contribution is 7.90. The molecule has 10 nitrogen and oxygen atoms in total. The Kier molecular flexibility index (Phi) is 8.02. The van der Waals surface area contributed by atoms with Crippen LogP contribution < -0.4 is 20.9 Å². The highest BCUT2D eigenvalue weighted by atomic mass is 32.2. The van der Waals surface area contributed by atoms with E-state index in [0.717, 1.165) is 0 Å². The monoisotopic (exact) mass is 342 g/mol. The van der Waals surface area contributed by atoms with Crippen LogP contribution in [0.1, 0.15) is 20.3 Å². The van der Waals surface area contributed by atoms with Gasteiger partial charge in [0, 0.05) is 13.1 Å². The van der Waals surface area contributed by atoms with Gasteiger partial charge in [-0.15, -0.1) is 0 Å². The third kappa shape index (κ3) is 9.90. The van der Waals surface area contributed by atoms with E-state index in [-0.39, 0.29) is 18.3 Å². The minimum absolute atomic E-state index is 0.122. The second-order valence-electron chi connectivity index (χ2n) is 3.91. The summed E-state index contributed by atoms with van der Waals surface area (Å²) in [6, 6.07) is 0. The van der Waals surface area contributed by atoms with E-state index in [4.69, 9.17) is 11.5 Å². The number of guanidine groups is 2. The van der Waals surface area contributed by atoms with Crippen LogP contribution >= 0.6 is 0 Å². The molecule has 0 amide bonds. The van der Waals surface area contributed by atoms with Crippen molar-refractivity contribution in [2.75, 3.05) is 24.6 Å². The average molecular weight is 342 g/mol. The topological polar surface area (TPSA) is 169 Å². The Morgan fingerprint density at radius 1 is 0.857 bits per heavy atom. The number of hydrogen-bond donors (Lipinski definition) is 4. The first-order chi connectivity index (χ1) is 9.62. The van der Waals surface area contributed by atoms with Gasteiger partial charge in [0.25, 0.3) is 0 Å². The zero-order chi connectivity index (χ0) is 16.5. The second kappa shape index (κ2) is 8.67. The summed E-state index contributed by atoms with van der Waals surface area (Å²) in [4.78, 5) is 7.34. The molecule has 124 valence electrons. The predicted octanol–water partition coefficient (Wildman–Crippen LogP) is -2.12. The molecule has 0 unspecified atom stereocenters. The Hall–Kier alpha value is -1.56. The maximum Gasteiger partial charge on any atom is 0.235 e. The van der Waals surface area contributed by atoms with E-state index in [1.165, 1.54) is 0 Å². The van der Waals surface area contributed by atoms with Gasteiger partial charge in [0.1, 0.15) is 0 Å². The molecule has 0 aliphatic heterocycles. The van der Waals surface area contributed by atoms with Gasteiger partial charge in [-0.2, -0.15) is 0 Å². The fourth-order valence-corrected chi connectivity index (χ4v) is 3.47. The molecule has 0 saturated heterocycles. The summed E-state index contributed by atoms with van der Waals surface area (Å²) in [5.74, 6) is -1.26. The average Bonchev–Trinajstić information content (AvgIpc) is 2.26. The SMILES string of the molecule is CCN=C(N)NS(=O)(=O)CCCS(=O)(=O)NC(N)=NCC. The molecular weight excluding hydrogens is 320 g/mol. The first-order valence-corrected chi connectivity index (χ1v) is 9.53. The molecular formula is C9H22N6O4S2. The normalized spacial score (nSPS) is 14.0. The van der Waals surface area contributed by atoms with Crippen LogP contribution in [0.3, 0.4) is 0 Å². The quantitative estimate of drug-likeness (QED) is 0.290. The molecule has 0 heterocycles. The van der Waals surface area contributed by atoms with Crippen LogP contribution in [-0.4, -0.2) is 53.3 Å². The maximum absolute atomic E-state index is 11.6. The summed E-state index contributed by atoms with van der Waals surface area (Å²) in [6.07, 6.45) is -0.122. The number of rotatable bonds is 8. The van der Waals surface area contributed by atoms with Crippen molar-refractivity contribution in [2.24, 2.45) is 21.5 Å². The van der Waals surface area contributed by atoms with Crippen molar-refractivity contribution in [1.29, 1.82) is 0 Å². The van der Waals surface area contributed by atoms with Crippen molar-refractivity contribution < 1.29 is 16.8 Å². The van der Waals surface area contributed by atoms with Crippen molar-refractivity contribution in [1.82, 2.24) is 9.44 Å². The van der Waals surface area contributed by atoms with Gasteiger partial charge in [-0.25, -0.2) is 16.8 Å². The predicted molar refractivity (Wildman–Crippen MR) is 82.8 cm³/mol. The smallest absolute Gasteiger partial charge is 0.235 e. The van der Waals surface area contributed by atoms with Crippen molar-refractivity contribution in [3.63, 3.8) is 0 Å². The number of nitrogens with two attached hydrogens (primary N) is 2. The molecule has 0 aromatic heterocycles. The lowest BCUT2D eigenvalue weighted by Gasteiger charge is -2.08. The van der Waals surface area contributed by atoms with Gasteiger partial charge in [-0.1, -0.05) is 0 Å². The van der Waals surface area contributed by atoms with E-state index in [2.05, 4.69) is 9.98 Å². The van der Waals surface area contributed by atoms with Gasteiger partial charge in [-0.3, -0.25) is 19.4 Å². The first kappa shape index (κ1) is 19.4. The second-order valence-corrected chi connectivity index (χ2v) is 7.60. The molecule has 0 aromatic carbocycles. The molecule has 0 fully saturated rings. The number of hydrogen-bond acceptors (Lipinski definition) is 6. The summed E-state index contributed by atoms with van der Waals surface area (Å²) in [6.45, 7) is 4.06. The Balaban J connectivity index is 4.42. The molecule has 0 spiro atoms. The Bertz CT molecular complexity index is 529. The summed E-state index contributed by atoms with van der Waals surface area (Å²) < 4.78 is 50.4. The summed E-state index contributed by atoms with van der Waals surface area (Å²) in [5.41, 5.74) is 10.6. The molecule has 0 radical (unpaired) electrons. The number of nitrogens with zero attached hydrogens (tertiary/aromatic N) is 2. The lowest BCUT2D eigenvalue weighted by atomic mass is 10.6. The first-order valence-electron chi connectivity index (χ1n) is 6.22. The molecule has 12 heteroatoms. The van der Waals surface area contributed by atoms with Gasteiger partial charge in [-0.05, 0) is 20.3 Å². The van der Waals surface area contributed by atoms with Crippen LogP contribution in [0.15, 0.2) is 9.98 Å². The Morgan fingerprint density at radius 3 is 1.48 bits per heavy atom. The summed E-state index contributed by atoms with van der Waals surface area (Å²) in [5, 5.41) is 0. The molecule has 0 aliphatic carbocycles. The number of sulfonamides is 2. The molecule has 0 aliphatic rings. The largest absolute Gasteiger partial charge is 0.369 e. The van der Waals surface area contributed by atoms with E-state index in [1.54, 1.807) is 13.8 Å². The molecule has 6 N–H and O–H groups in total. The van der Waals surface area contributed by atoms with E-state index in [1.807, 2.05) is 9.44 Å². The van der Waals surface area contributed by atoms with Crippen molar-refractivity contribution in [3.8, 4) is 0 Å². The zero-order valence-corrected chi connectivity index (χ0v) is 13.7. The number of aliphatic imine (C=N–C) groups is 2. The van der Waals surface area contributed by atoms with Crippen LogP contribution in [0, 0.1) is 0 Å². The minimum atomic E-state index is -3.72. The summed E-state index contributed by atoms with van der Waals surface area (Å²) >= 11 is 0.